The van der Waals surface area contributed by atoms with Crippen LogP contribution >= 0.6 is 11.3 Å². The van der Waals surface area contributed by atoms with Crippen molar-refractivity contribution in [1.29, 1.82) is 5.26 Å². The van der Waals surface area contributed by atoms with Crippen molar-refractivity contribution in [2.24, 2.45) is 0 Å². The minimum atomic E-state index is -0.714. The van der Waals surface area contributed by atoms with E-state index in [0.29, 0.717) is 10.8 Å². The monoisotopic (exact) mass is 283 g/mol. The highest BCUT2D eigenvalue weighted by Crippen LogP contribution is 2.26. The zero-order valence-corrected chi connectivity index (χ0v) is 12.7. The van der Waals surface area contributed by atoms with Crippen molar-refractivity contribution in [2.75, 3.05) is 0 Å². The molecule has 0 aliphatic heterocycles. The molecule has 20 heavy (non-hydrogen) atoms. The van der Waals surface area contributed by atoms with Crippen LogP contribution in [0.1, 0.15) is 51.4 Å². The van der Waals surface area contributed by atoms with Crippen molar-refractivity contribution in [3.63, 3.8) is 0 Å². The molecule has 0 radical (unpaired) electrons. The summed E-state index contributed by atoms with van der Waals surface area (Å²) in [5.74, 6) is -0.377. The molecule has 0 N–H and O–H groups in total. The standard InChI is InChI=1S/C17H17NOS/c1-11(2)13-5-7-14(8-6-13)15(10-18)17(19)16-9-4-12(3)20-16/h4-9,11,15H,1-3H3. The van der Waals surface area contributed by atoms with Gasteiger partial charge in [-0.15, -0.1) is 11.3 Å². The molecule has 0 fully saturated rings. The molecule has 2 aromatic rings. The molecule has 1 aromatic heterocycles. The Labute approximate surface area is 123 Å². The molecule has 1 heterocycles. The summed E-state index contributed by atoms with van der Waals surface area (Å²) in [6, 6.07) is 13.6. The Morgan fingerprint density at radius 3 is 2.15 bits per heavy atom. The Kier molecular flexibility index (Phi) is 4.36. The number of carbonyl (C=O) groups is 1. The average Bonchev–Trinajstić information content (AvgIpc) is 2.86. The van der Waals surface area contributed by atoms with Crippen molar-refractivity contribution in [3.8, 4) is 6.07 Å². The lowest BCUT2D eigenvalue weighted by Gasteiger charge is -2.10. The number of aryl methyl sites for hydroxylation is 1. The van der Waals surface area contributed by atoms with E-state index in [4.69, 9.17) is 0 Å². The second-order valence-electron chi connectivity index (χ2n) is 5.16. The molecule has 0 spiro atoms. The number of benzene rings is 1. The topological polar surface area (TPSA) is 40.9 Å². The van der Waals surface area contributed by atoms with E-state index in [1.165, 1.54) is 16.9 Å². The maximum atomic E-state index is 12.4. The Hall–Kier alpha value is -1.92. The summed E-state index contributed by atoms with van der Waals surface area (Å²) in [7, 11) is 0. The Morgan fingerprint density at radius 1 is 1.10 bits per heavy atom. The van der Waals surface area contributed by atoms with E-state index in [1.54, 1.807) is 6.07 Å². The van der Waals surface area contributed by atoms with Crippen LogP contribution in [0.2, 0.25) is 0 Å². The van der Waals surface area contributed by atoms with Gasteiger partial charge in [-0.25, -0.2) is 0 Å². The molecule has 0 aliphatic carbocycles. The van der Waals surface area contributed by atoms with Gasteiger partial charge in [-0.3, -0.25) is 4.79 Å². The Balaban J connectivity index is 2.28. The normalized spacial score (nSPS) is 12.2. The van der Waals surface area contributed by atoms with Crippen LogP contribution in [0.3, 0.4) is 0 Å². The molecule has 0 bridgehead atoms. The summed E-state index contributed by atoms with van der Waals surface area (Å²) in [5, 5.41) is 9.33. The Bertz CT molecular complexity index is 646. The van der Waals surface area contributed by atoms with E-state index in [1.807, 2.05) is 37.3 Å². The summed E-state index contributed by atoms with van der Waals surface area (Å²) < 4.78 is 0. The minimum Gasteiger partial charge on any atom is -0.291 e. The number of carbonyl (C=O) groups excluding carboxylic acids is 1. The smallest absolute Gasteiger partial charge is 0.194 e. The summed E-state index contributed by atoms with van der Waals surface area (Å²) in [6.07, 6.45) is 0. The number of hydrogen-bond donors (Lipinski definition) is 0. The van der Waals surface area contributed by atoms with Gasteiger partial charge in [-0.1, -0.05) is 38.1 Å². The summed E-state index contributed by atoms with van der Waals surface area (Å²) in [4.78, 5) is 14.1. The van der Waals surface area contributed by atoms with Gasteiger partial charge in [0, 0.05) is 4.88 Å². The fourth-order valence-corrected chi connectivity index (χ4v) is 2.90. The molecule has 3 heteroatoms. The lowest BCUT2D eigenvalue weighted by atomic mass is 9.92. The van der Waals surface area contributed by atoms with Crippen LogP contribution in [-0.2, 0) is 0 Å². The zero-order valence-electron chi connectivity index (χ0n) is 11.9. The fraction of sp³-hybridized carbons (Fsp3) is 0.294. The lowest BCUT2D eigenvalue weighted by molar-refractivity contribution is 0.0983. The third-order valence-corrected chi connectivity index (χ3v) is 4.33. The van der Waals surface area contributed by atoms with E-state index in [0.717, 1.165) is 10.4 Å². The number of rotatable bonds is 4. The highest BCUT2D eigenvalue weighted by atomic mass is 32.1. The van der Waals surface area contributed by atoms with Gasteiger partial charge in [0.1, 0.15) is 5.92 Å². The molecule has 2 rings (SSSR count). The third kappa shape index (κ3) is 2.97. The van der Waals surface area contributed by atoms with Crippen LogP contribution in [0, 0.1) is 18.3 Å². The lowest BCUT2D eigenvalue weighted by Crippen LogP contribution is -2.09. The predicted octanol–water partition coefficient (Wildman–Crippen LogP) is 4.67. The molecule has 2 nitrogen and oxygen atoms in total. The van der Waals surface area contributed by atoms with Gasteiger partial charge in [-0.2, -0.15) is 5.26 Å². The summed E-state index contributed by atoms with van der Waals surface area (Å²) in [5.41, 5.74) is 1.98. The van der Waals surface area contributed by atoms with Crippen LogP contribution in [0.15, 0.2) is 36.4 Å². The third-order valence-electron chi connectivity index (χ3n) is 3.31. The predicted molar refractivity (Wildman–Crippen MR) is 82.3 cm³/mol. The number of thiophene rings is 1. The van der Waals surface area contributed by atoms with E-state index in [-0.39, 0.29) is 5.78 Å². The second-order valence-corrected chi connectivity index (χ2v) is 6.45. The number of Topliss-reactive ketones (excluding diaryl/α,β-unsaturated/α-hetero) is 1. The van der Waals surface area contributed by atoms with Crippen molar-refractivity contribution >= 4 is 17.1 Å². The van der Waals surface area contributed by atoms with E-state index in [2.05, 4.69) is 19.9 Å². The largest absolute Gasteiger partial charge is 0.291 e. The molecular formula is C17H17NOS. The van der Waals surface area contributed by atoms with Crippen LogP contribution in [0.5, 0.6) is 0 Å². The number of nitrogens with zero attached hydrogens (tertiary/aromatic N) is 1. The molecule has 1 atom stereocenters. The average molecular weight is 283 g/mol. The first-order chi connectivity index (χ1) is 9.52. The highest BCUT2D eigenvalue weighted by molar-refractivity contribution is 7.14. The number of hydrogen-bond acceptors (Lipinski definition) is 3. The van der Waals surface area contributed by atoms with Gasteiger partial charge in [-0.05, 0) is 36.1 Å². The van der Waals surface area contributed by atoms with Crippen molar-refractivity contribution in [2.45, 2.75) is 32.6 Å². The van der Waals surface area contributed by atoms with E-state index < -0.39 is 5.92 Å². The SMILES string of the molecule is Cc1ccc(C(=O)C(C#N)c2ccc(C(C)C)cc2)s1. The van der Waals surface area contributed by atoms with Crippen LogP contribution in [-0.4, -0.2) is 5.78 Å². The van der Waals surface area contributed by atoms with Gasteiger partial charge < -0.3 is 0 Å². The quantitative estimate of drug-likeness (QED) is 0.765. The van der Waals surface area contributed by atoms with Gasteiger partial charge >= 0.3 is 0 Å². The van der Waals surface area contributed by atoms with Crippen molar-refractivity contribution in [3.05, 3.63) is 57.3 Å². The minimum absolute atomic E-state index is 0.108. The molecule has 0 saturated carbocycles. The second kappa shape index (κ2) is 6.02. The number of ketones is 1. The number of nitriles is 1. The van der Waals surface area contributed by atoms with Gasteiger partial charge in [0.05, 0.1) is 10.9 Å². The summed E-state index contributed by atoms with van der Waals surface area (Å²) >= 11 is 1.44. The molecule has 0 aliphatic rings. The maximum absolute atomic E-state index is 12.4. The van der Waals surface area contributed by atoms with Gasteiger partial charge in [0.25, 0.3) is 0 Å². The first-order valence-electron chi connectivity index (χ1n) is 6.63. The highest BCUT2D eigenvalue weighted by Gasteiger charge is 2.22. The van der Waals surface area contributed by atoms with Crippen LogP contribution in [0.4, 0.5) is 0 Å². The molecular weight excluding hydrogens is 266 g/mol. The summed E-state index contributed by atoms with van der Waals surface area (Å²) in [6.45, 7) is 6.20. The molecule has 0 amide bonds. The molecule has 1 aromatic carbocycles. The van der Waals surface area contributed by atoms with E-state index in [9.17, 15) is 10.1 Å². The first-order valence-corrected chi connectivity index (χ1v) is 7.44. The maximum Gasteiger partial charge on any atom is 0.194 e. The van der Waals surface area contributed by atoms with Gasteiger partial charge in [0.2, 0.25) is 0 Å². The van der Waals surface area contributed by atoms with Crippen molar-refractivity contribution < 1.29 is 4.79 Å². The molecule has 0 saturated heterocycles. The Morgan fingerprint density at radius 2 is 1.70 bits per heavy atom. The molecule has 1 unspecified atom stereocenters. The fourth-order valence-electron chi connectivity index (χ4n) is 2.07. The van der Waals surface area contributed by atoms with E-state index >= 15 is 0 Å². The van der Waals surface area contributed by atoms with Gasteiger partial charge in [0.15, 0.2) is 5.78 Å². The zero-order chi connectivity index (χ0) is 14.7. The molecule has 102 valence electrons. The van der Waals surface area contributed by atoms with Crippen molar-refractivity contribution in [1.82, 2.24) is 0 Å². The van der Waals surface area contributed by atoms with Crippen LogP contribution < -0.4 is 0 Å². The van der Waals surface area contributed by atoms with Crippen LogP contribution in [0.25, 0.3) is 0 Å². The first kappa shape index (κ1) is 14.5.